The van der Waals surface area contributed by atoms with Crippen molar-refractivity contribution in [2.24, 2.45) is 0 Å². The SMILES string of the molecule is COC(C)=O.Cl.O. The van der Waals surface area contributed by atoms with Gasteiger partial charge in [-0.15, -0.1) is 12.4 Å². The van der Waals surface area contributed by atoms with Crippen molar-refractivity contribution in [3.05, 3.63) is 0 Å². The largest absolute Gasteiger partial charge is 0.469 e. The van der Waals surface area contributed by atoms with E-state index in [4.69, 9.17) is 0 Å². The predicted molar refractivity (Wildman–Crippen MR) is 28.6 cm³/mol. The van der Waals surface area contributed by atoms with Gasteiger partial charge in [0.15, 0.2) is 0 Å². The molecule has 3 nitrogen and oxygen atoms in total. The first kappa shape index (κ1) is 15.9. The van der Waals surface area contributed by atoms with Crippen LogP contribution < -0.4 is 0 Å². The molecule has 0 aliphatic carbocycles. The molecule has 0 rings (SSSR count). The van der Waals surface area contributed by atoms with Crippen molar-refractivity contribution >= 4 is 18.4 Å². The second-order valence-corrected chi connectivity index (χ2v) is 0.696. The molecular formula is C3H9ClO3. The fraction of sp³-hybridized carbons (Fsp3) is 0.667. The Morgan fingerprint density at radius 3 is 1.71 bits per heavy atom. The maximum Gasteiger partial charge on any atom is 0.302 e. The highest BCUT2D eigenvalue weighted by molar-refractivity contribution is 5.85. The first-order valence-corrected chi connectivity index (χ1v) is 1.32. The van der Waals surface area contributed by atoms with Gasteiger partial charge in [-0.05, 0) is 0 Å². The molecule has 2 N–H and O–H groups in total. The Bertz CT molecular complexity index is 45.4. The summed E-state index contributed by atoms with van der Waals surface area (Å²) >= 11 is 0. The standard InChI is InChI=1S/C3H6O2.ClH.H2O/c1-3(4)5-2;;/h1-2H3;1H;1H2. The Morgan fingerprint density at radius 2 is 1.71 bits per heavy atom. The molecule has 0 aliphatic heterocycles. The van der Waals surface area contributed by atoms with E-state index >= 15 is 0 Å². The lowest BCUT2D eigenvalue weighted by Crippen LogP contribution is -1.88. The lowest BCUT2D eigenvalue weighted by Gasteiger charge is -1.80. The van der Waals surface area contributed by atoms with Crippen LogP contribution in [-0.4, -0.2) is 18.6 Å². The number of ether oxygens (including phenoxy) is 1. The van der Waals surface area contributed by atoms with Crippen molar-refractivity contribution in [3.63, 3.8) is 0 Å². The van der Waals surface area contributed by atoms with Crippen LogP contribution in [-0.2, 0) is 9.53 Å². The summed E-state index contributed by atoms with van der Waals surface area (Å²) in [6.45, 7) is 1.36. The number of halogens is 1. The molecule has 0 aromatic heterocycles. The maximum absolute atomic E-state index is 9.59. The minimum Gasteiger partial charge on any atom is -0.469 e. The molecule has 7 heavy (non-hydrogen) atoms. The van der Waals surface area contributed by atoms with Gasteiger partial charge in [0.25, 0.3) is 0 Å². The summed E-state index contributed by atoms with van der Waals surface area (Å²) in [5, 5.41) is 0. The number of carbonyl (C=O) groups is 1. The predicted octanol–water partition coefficient (Wildman–Crippen LogP) is -0.224. The van der Waals surface area contributed by atoms with Crippen LogP contribution in [0.2, 0.25) is 0 Å². The maximum atomic E-state index is 9.59. The molecule has 0 amide bonds. The molecule has 0 fully saturated rings. The van der Waals surface area contributed by atoms with Crippen molar-refractivity contribution in [2.45, 2.75) is 6.92 Å². The highest BCUT2D eigenvalue weighted by Crippen LogP contribution is 1.60. The molecule has 0 radical (unpaired) electrons. The van der Waals surface area contributed by atoms with Crippen molar-refractivity contribution in [1.82, 2.24) is 0 Å². The summed E-state index contributed by atoms with van der Waals surface area (Å²) in [6, 6.07) is 0. The summed E-state index contributed by atoms with van der Waals surface area (Å²) in [5.41, 5.74) is 0. The van der Waals surface area contributed by atoms with E-state index in [0.717, 1.165) is 0 Å². The van der Waals surface area contributed by atoms with Gasteiger partial charge in [-0.2, -0.15) is 0 Å². The van der Waals surface area contributed by atoms with Gasteiger partial charge < -0.3 is 10.2 Å². The highest BCUT2D eigenvalue weighted by Gasteiger charge is 1.75. The average molecular weight is 129 g/mol. The normalized spacial score (nSPS) is 4.86. The molecule has 0 saturated heterocycles. The lowest BCUT2D eigenvalue weighted by atomic mass is 10.8. The van der Waals surface area contributed by atoms with Crippen molar-refractivity contribution < 1.29 is 15.0 Å². The number of hydrogen-bond acceptors (Lipinski definition) is 2. The number of esters is 1. The summed E-state index contributed by atoms with van der Waals surface area (Å²) in [7, 11) is 1.35. The summed E-state index contributed by atoms with van der Waals surface area (Å²) in [4.78, 5) is 9.59. The topological polar surface area (TPSA) is 57.8 Å². The van der Waals surface area contributed by atoms with E-state index in [-0.39, 0.29) is 23.9 Å². The van der Waals surface area contributed by atoms with Crippen molar-refractivity contribution in [3.8, 4) is 0 Å². The van der Waals surface area contributed by atoms with E-state index in [1.165, 1.54) is 14.0 Å². The van der Waals surface area contributed by atoms with Gasteiger partial charge in [0.1, 0.15) is 0 Å². The van der Waals surface area contributed by atoms with Gasteiger partial charge in [0.2, 0.25) is 0 Å². The van der Waals surface area contributed by atoms with Crippen LogP contribution in [0, 0.1) is 0 Å². The first-order chi connectivity index (χ1) is 2.27. The molecule has 0 saturated carbocycles. The molecule has 0 aliphatic rings. The van der Waals surface area contributed by atoms with E-state index < -0.39 is 0 Å². The molecule has 46 valence electrons. The Hall–Kier alpha value is -0.280. The molecule has 0 spiro atoms. The molecule has 0 aromatic rings. The third kappa shape index (κ3) is 26.8. The molecule has 0 bridgehead atoms. The number of rotatable bonds is 0. The van der Waals surface area contributed by atoms with Crippen LogP contribution in [0.3, 0.4) is 0 Å². The average Bonchev–Trinajstić information content (AvgIpc) is 1.38. The van der Waals surface area contributed by atoms with Crippen LogP contribution in [0.5, 0.6) is 0 Å². The third-order valence-corrected chi connectivity index (χ3v) is 0.287. The fourth-order valence-corrected chi connectivity index (χ4v) is 0. The first-order valence-electron chi connectivity index (χ1n) is 1.32. The smallest absolute Gasteiger partial charge is 0.302 e. The number of hydrogen-bond donors (Lipinski definition) is 0. The zero-order valence-electron chi connectivity index (χ0n) is 4.22. The van der Waals surface area contributed by atoms with E-state index in [1.807, 2.05) is 0 Å². The van der Waals surface area contributed by atoms with E-state index in [9.17, 15) is 4.79 Å². The van der Waals surface area contributed by atoms with E-state index in [2.05, 4.69) is 4.74 Å². The second-order valence-electron chi connectivity index (χ2n) is 0.696. The second kappa shape index (κ2) is 9.21. The van der Waals surface area contributed by atoms with Gasteiger partial charge in [-0.25, -0.2) is 0 Å². The number of methoxy groups -OCH3 is 1. The van der Waals surface area contributed by atoms with Crippen LogP contribution in [0.1, 0.15) is 6.92 Å². The van der Waals surface area contributed by atoms with Crippen LogP contribution in [0.4, 0.5) is 0 Å². The van der Waals surface area contributed by atoms with Crippen LogP contribution in [0.15, 0.2) is 0 Å². The van der Waals surface area contributed by atoms with Gasteiger partial charge in [0.05, 0.1) is 7.11 Å². The van der Waals surface area contributed by atoms with Crippen molar-refractivity contribution in [1.29, 1.82) is 0 Å². The summed E-state index contributed by atoms with van der Waals surface area (Å²) in [5.74, 6) is -0.245. The molecule has 4 heteroatoms. The van der Waals surface area contributed by atoms with E-state index in [1.54, 1.807) is 0 Å². The molecule has 0 atom stereocenters. The minimum atomic E-state index is -0.245. The van der Waals surface area contributed by atoms with Crippen LogP contribution in [0.25, 0.3) is 0 Å². The third-order valence-electron chi connectivity index (χ3n) is 0.287. The van der Waals surface area contributed by atoms with Crippen molar-refractivity contribution in [2.75, 3.05) is 7.11 Å². The molecule has 0 heterocycles. The summed E-state index contributed by atoms with van der Waals surface area (Å²) < 4.78 is 4.11. The zero-order chi connectivity index (χ0) is 4.28. The lowest BCUT2D eigenvalue weighted by molar-refractivity contribution is -0.137. The minimum absolute atomic E-state index is 0. The Kier molecular flexibility index (Phi) is 20.9. The number of carbonyl (C=O) groups excluding carboxylic acids is 1. The monoisotopic (exact) mass is 128 g/mol. The van der Waals surface area contributed by atoms with Gasteiger partial charge in [-0.3, -0.25) is 4.79 Å². The Balaban J connectivity index is -0.0000000800. The van der Waals surface area contributed by atoms with Gasteiger partial charge in [0, 0.05) is 6.92 Å². The van der Waals surface area contributed by atoms with E-state index in [0.29, 0.717) is 0 Å². The van der Waals surface area contributed by atoms with Gasteiger partial charge >= 0.3 is 5.97 Å². The van der Waals surface area contributed by atoms with Crippen LogP contribution >= 0.6 is 12.4 Å². The molecular weight excluding hydrogens is 119 g/mol. The zero-order valence-corrected chi connectivity index (χ0v) is 5.04. The Labute approximate surface area is 48.4 Å². The fourth-order valence-electron chi connectivity index (χ4n) is 0. The Morgan fingerprint density at radius 1 is 1.57 bits per heavy atom. The molecule has 0 aromatic carbocycles. The van der Waals surface area contributed by atoms with Gasteiger partial charge in [-0.1, -0.05) is 0 Å². The summed E-state index contributed by atoms with van der Waals surface area (Å²) in [6.07, 6.45) is 0. The quantitative estimate of drug-likeness (QED) is 0.424. The molecule has 0 unspecified atom stereocenters. The highest BCUT2D eigenvalue weighted by atomic mass is 35.5.